The minimum atomic E-state index is -1.03. The van der Waals surface area contributed by atoms with Crippen LogP contribution in [0.3, 0.4) is 0 Å². The van der Waals surface area contributed by atoms with Gasteiger partial charge >= 0.3 is 0 Å². The van der Waals surface area contributed by atoms with Crippen molar-refractivity contribution in [1.29, 1.82) is 0 Å². The van der Waals surface area contributed by atoms with Crippen molar-refractivity contribution >= 4 is 61.5 Å². The van der Waals surface area contributed by atoms with Crippen molar-refractivity contribution in [3.63, 3.8) is 0 Å². The van der Waals surface area contributed by atoms with E-state index in [1.807, 2.05) is 129 Å². The zero-order valence-corrected chi connectivity index (χ0v) is 44.0. The van der Waals surface area contributed by atoms with Gasteiger partial charge in [0.1, 0.15) is 47.7 Å². The van der Waals surface area contributed by atoms with Crippen molar-refractivity contribution in [2.75, 3.05) is 31.7 Å². The molecule has 1 unspecified atom stereocenters. The summed E-state index contributed by atoms with van der Waals surface area (Å²) in [6.45, 7) is 14.4. The molecule has 5 heterocycles. The second kappa shape index (κ2) is 18.8. The first-order chi connectivity index (χ1) is 37.6. The molecule has 394 valence electrons. The van der Waals surface area contributed by atoms with Gasteiger partial charge in [-0.15, -0.1) is 0 Å². The van der Waals surface area contributed by atoms with E-state index in [2.05, 4.69) is 44.1 Å². The highest BCUT2D eigenvalue weighted by Crippen LogP contribution is 2.66. The quantitative estimate of drug-likeness (QED) is 0.0925. The summed E-state index contributed by atoms with van der Waals surface area (Å²) in [5.74, 6) is 3.67. The van der Waals surface area contributed by atoms with Gasteiger partial charge in [-0.05, 0) is 122 Å². The first kappa shape index (κ1) is 49.7. The predicted molar refractivity (Wildman–Crippen MR) is 303 cm³/mol. The van der Waals surface area contributed by atoms with Crippen LogP contribution in [0.5, 0.6) is 23.0 Å². The van der Waals surface area contributed by atoms with Gasteiger partial charge in [0.25, 0.3) is 11.4 Å². The molecule has 14 heteroatoms. The lowest BCUT2D eigenvalue weighted by atomic mass is 9.58. The molecule has 13 rings (SSSR count). The summed E-state index contributed by atoms with van der Waals surface area (Å²) in [7, 11) is 0. The summed E-state index contributed by atoms with van der Waals surface area (Å²) in [5, 5.41) is 42.2. The van der Waals surface area contributed by atoms with Gasteiger partial charge in [-0.2, -0.15) is 0 Å². The maximum absolute atomic E-state index is 11.8. The molecule has 0 fully saturated rings. The molecule has 3 atom stereocenters. The fourth-order valence-corrected chi connectivity index (χ4v) is 12.7. The molecule has 14 nitrogen and oxygen atoms in total. The topological polar surface area (TPSA) is 179 Å². The maximum Gasteiger partial charge on any atom is 0.270 e. The Bertz CT molecular complexity index is 3920. The number of anilines is 1. The van der Waals surface area contributed by atoms with Crippen LogP contribution >= 0.6 is 0 Å². The number of benzene rings is 8. The number of fused-ring (bicyclic) bond motifs is 11. The molecule has 3 N–H and O–H groups in total. The van der Waals surface area contributed by atoms with Crippen LogP contribution < -0.4 is 29.3 Å². The maximum atomic E-state index is 11.8. The van der Waals surface area contributed by atoms with E-state index >= 15 is 0 Å². The Morgan fingerprint density at radius 2 is 1.22 bits per heavy atom. The zero-order valence-electron chi connectivity index (χ0n) is 44.0. The summed E-state index contributed by atoms with van der Waals surface area (Å²) in [6, 6.07) is 49.4. The Balaban J connectivity index is 0.000000165. The molecule has 8 aromatic carbocycles. The Kier molecular flexibility index (Phi) is 12.0. The standard InChI is InChI=1S/2C32H28N2O5.H2/c1-4-37-21-14-15-27-24(17-21)29-25-18-38-28-11-6-5-9-22(28)30(25)39-32(33-27,31(29,2)3)26-10-7-8-19-12-13-20(34(35)36)16-23(19)26;1-4-38-21-14-15-27-25(17-21)29(26-18-39-28-11-6-5-9-23(28)30(26)35)32(2,3)31(33-27)22-10-7-8-19-12-13-20(34(36)37)16-24(19)22;/h5-17,29,33H,4,18H2,1-3H3;5-17,29,35H,4,18H2,1-3H3;1H/p+1/t29-,32?;29-;/m11./s1/i;;1+1. The molecule has 0 amide bonds. The molecule has 8 aromatic rings. The van der Waals surface area contributed by atoms with Crippen molar-refractivity contribution in [1.82, 2.24) is 0 Å². The van der Waals surface area contributed by atoms with Crippen LogP contribution in [0.15, 0.2) is 169 Å². The first-order valence-electron chi connectivity index (χ1n) is 26.2. The highest BCUT2D eigenvalue weighted by Gasteiger charge is 2.63. The Hall–Kier alpha value is -9.17. The molecule has 0 aliphatic carbocycles. The lowest BCUT2D eigenvalue weighted by Crippen LogP contribution is -2.73. The summed E-state index contributed by atoms with van der Waals surface area (Å²) in [6.07, 6.45) is 0. The highest BCUT2D eigenvalue weighted by atomic mass is 16.6. The van der Waals surface area contributed by atoms with Crippen molar-refractivity contribution < 1.29 is 45.1 Å². The number of nitro benzene ring substituents is 2. The number of nitro groups is 2. The van der Waals surface area contributed by atoms with Gasteiger partial charge in [0.15, 0.2) is 5.71 Å². The predicted octanol–water partition coefficient (Wildman–Crippen LogP) is 13.4. The number of para-hydroxylation sites is 2. The van der Waals surface area contributed by atoms with Gasteiger partial charge in [-0.1, -0.05) is 68.4 Å². The zero-order chi connectivity index (χ0) is 54.3. The number of rotatable bonds is 9. The van der Waals surface area contributed by atoms with E-state index < -0.39 is 16.6 Å². The number of nitrogens with one attached hydrogen (secondary N) is 2. The number of ether oxygens (including phenoxy) is 5. The van der Waals surface area contributed by atoms with E-state index in [9.17, 15) is 25.3 Å². The SMILES string of the molecule is CCOc1ccc2c(c1)[C@@H]1C3=C(OC(c4cccc5ccc([N+](=O)[O-])cc45)(N2)C1(C)C)c1ccccc1OC3.CCOc1ccc2c(c1)[C@H](C1=C(O)c3ccccc3OC1)C(C)(C)C(c1cccc3ccc([N+](=O)[O-])cc13)=[NH+]2.[2HH]. The number of nitrogens with zero attached hydrogens (tertiary/aromatic N) is 2. The number of non-ortho nitro benzene ring substituents is 2. The summed E-state index contributed by atoms with van der Waals surface area (Å²) < 4.78 is 31.4. The summed E-state index contributed by atoms with van der Waals surface area (Å²) in [5.41, 5.74) is 7.96. The van der Waals surface area contributed by atoms with Crippen molar-refractivity contribution in [3.8, 4) is 23.0 Å². The van der Waals surface area contributed by atoms with Crippen LogP contribution in [0.4, 0.5) is 22.7 Å². The van der Waals surface area contributed by atoms with E-state index in [1.165, 1.54) is 6.07 Å². The average Bonchev–Trinajstić information content (AvgIpc) is 3.53. The van der Waals surface area contributed by atoms with Crippen LogP contribution in [-0.4, -0.2) is 47.1 Å². The smallest absolute Gasteiger partial charge is 0.270 e. The molecule has 5 aliphatic rings. The number of hydrogen-bond donors (Lipinski definition) is 3. The van der Waals surface area contributed by atoms with E-state index in [4.69, 9.17) is 23.7 Å². The van der Waals surface area contributed by atoms with Crippen molar-refractivity contribution in [3.05, 3.63) is 222 Å². The lowest BCUT2D eigenvalue weighted by molar-refractivity contribution is -0.384. The third-order valence-electron chi connectivity index (χ3n) is 16.2. The number of aliphatic hydroxyl groups is 1. The van der Waals surface area contributed by atoms with Crippen molar-refractivity contribution in [2.45, 2.75) is 59.1 Å². The molecular formula is C64H59N4O10+. The summed E-state index contributed by atoms with van der Waals surface area (Å²) >= 11 is 0. The molecule has 5 aliphatic heterocycles. The second-order valence-corrected chi connectivity index (χ2v) is 21.3. The first-order valence-corrected chi connectivity index (χ1v) is 26.2. The van der Waals surface area contributed by atoms with Crippen LogP contribution in [-0.2, 0) is 10.5 Å². The monoisotopic (exact) mass is 1040 g/mol. The lowest BCUT2D eigenvalue weighted by Gasteiger charge is -2.59. The molecule has 0 saturated carbocycles. The van der Waals surface area contributed by atoms with E-state index in [-0.39, 0.29) is 46.8 Å². The largest absolute Gasteiger partial charge is 0.507 e. The average molecular weight is 1050 g/mol. The van der Waals surface area contributed by atoms with Gasteiger partial charge in [-0.25, -0.2) is 4.99 Å². The third kappa shape index (κ3) is 7.87. The third-order valence-corrected chi connectivity index (χ3v) is 16.2. The number of hydrogen-bond acceptors (Lipinski definition) is 11. The van der Waals surface area contributed by atoms with Gasteiger partial charge in [0.2, 0.25) is 11.4 Å². The minimum Gasteiger partial charge on any atom is -0.507 e. The van der Waals surface area contributed by atoms with E-state index in [1.54, 1.807) is 30.3 Å². The fourth-order valence-electron chi connectivity index (χ4n) is 12.7. The second-order valence-electron chi connectivity index (χ2n) is 21.3. The Morgan fingerprint density at radius 1 is 0.641 bits per heavy atom. The van der Waals surface area contributed by atoms with Gasteiger partial charge in [0.05, 0.1) is 45.2 Å². The molecule has 0 spiro atoms. The minimum absolute atomic E-state index is 0. The molecular weight excluding hydrogens is 985 g/mol. The molecule has 78 heavy (non-hydrogen) atoms. The van der Waals surface area contributed by atoms with E-state index in [0.717, 1.165) is 101 Å². The fraction of sp³-hybridized carbons (Fsp3) is 0.234. The van der Waals surface area contributed by atoms with Crippen LogP contribution in [0.2, 0.25) is 0 Å². The van der Waals surface area contributed by atoms with Gasteiger partial charge in [0, 0.05) is 82.4 Å². The molecule has 0 radical (unpaired) electrons. The molecule has 2 bridgehead atoms. The van der Waals surface area contributed by atoms with Gasteiger partial charge in [-0.3, -0.25) is 20.2 Å². The highest BCUT2D eigenvalue weighted by molar-refractivity contribution is 6.12. The van der Waals surface area contributed by atoms with Gasteiger partial charge < -0.3 is 34.1 Å². The van der Waals surface area contributed by atoms with Crippen LogP contribution in [0.25, 0.3) is 33.1 Å². The summed E-state index contributed by atoms with van der Waals surface area (Å²) in [4.78, 5) is 26.3. The normalized spacial score (nSPS) is 19.8. The Labute approximate surface area is 452 Å². The van der Waals surface area contributed by atoms with Crippen molar-refractivity contribution in [2.24, 2.45) is 10.8 Å². The van der Waals surface area contributed by atoms with E-state index in [0.29, 0.717) is 31.1 Å². The molecule has 0 aromatic heterocycles. The molecule has 0 saturated heterocycles. The van der Waals surface area contributed by atoms with Crippen LogP contribution in [0, 0.1) is 31.1 Å². The number of aliphatic hydroxyl groups excluding tert-OH is 1. The van der Waals surface area contributed by atoms with Crippen LogP contribution in [0.1, 0.15) is 88.2 Å². The Morgan fingerprint density at radius 3 is 1.90 bits per heavy atom.